The Labute approximate surface area is 119 Å². The lowest BCUT2D eigenvalue weighted by atomic mass is 10.1. The van der Waals surface area contributed by atoms with Gasteiger partial charge in [0.2, 0.25) is 0 Å². The van der Waals surface area contributed by atoms with E-state index in [0.717, 1.165) is 38.0 Å². The minimum atomic E-state index is -0.397. The van der Waals surface area contributed by atoms with Crippen molar-refractivity contribution in [2.75, 3.05) is 31.1 Å². The van der Waals surface area contributed by atoms with Gasteiger partial charge in [0.05, 0.1) is 5.56 Å². The van der Waals surface area contributed by atoms with Crippen LogP contribution in [0.15, 0.2) is 18.3 Å². The topological polar surface area (TPSA) is 62.5 Å². The van der Waals surface area contributed by atoms with E-state index in [-0.39, 0.29) is 0 Å². The maximum absolute atomic E-state index is 11.5. The molecule has 1 aliphatic carbocycles. The second-order valence-corrected chi connectivity index (χ2v) is 5.70. The maximum atomic E-state index is 11.5. The average Bonchev–Trinajstić information content (AvgIpc) is 3.02. The van der Waals surface area contributed by atoms with Gasteiger partial charge in [0, 0.05) is 38.4 Å². The number of aromatic nitrogens is 1. The van der Waals surface area contributed by atoms with E-state index in [1.54, 1.807) is 18.3 Å². The molecule has 3 rings (SSSR count). The molecule has 2 aliphatic rings. The number of rotatable bonds is 3. The van der Waals surface area contributed by atoms with Crippen molar-refractivity contribution in [1.29, 1.82) is 0 Å². The molecule has 0 bridgehead atoms. The van der Waals surface area contributed by atoms with Crippen LogP contribution in [0, 0.1) is 0 Å². The van der Waals surface area contributed by atoms with E-state index in [9.17, 15) is 4.79 Å². The highest BCUT2D eigenvalue weighted by Gasteiger charge is 2.27. The molecule has 0 radical (unpaired) electrons. The van der Waals surface area contributed by atoms with Crippen molar-refractivity contribution < 1.29 is 4.79 Å². The van der Waals surface area contributed by atoms with E-state index >= 15 is 0 Å². The molecular weight excluding hydrogens is 252 g/mol. The molecule has 0 unspecified atom stereocenters. The maximum Gasteiger partial charge on any atom is 0.252 e. The number of hydrogen-bond donors (Lipinski definition) is 1. The molecule has 1 saturated carbocycles. The zero-order valence-corrected chi connectivity index (χ0v) is 11.8. The van der Waals surface area contributed by atoms with Crippen LogP contribution >= 0.6 is 0 Å². The van der Waals surface area contributed by atoms with Crippen molar-refractivity contribution in [3.63, 3.8) is 0 Å². The van der Waals surface area contributed by atoms with Crippen LogP contribution in [0.1, 0.15) is 36.0 Å². The van der Waals surface area contributed by atoms with Crippen molar-refractivity contribution >= 4 is 11.7 Å². The molecule has 0 spiro atoms. The monoisotopic (exact) mass is 274 g/mol. The van der Waals surface area contributed by atoms with E-state index in [1.807, 2.05) is 0 Å². The number of nitrogens with zero attached hydrogens (tertiary/aromatic N) is 3. The lowest BCUT2D eigenvalue weighted by Crippen LogP contribution is -2.50. The number of hydrogen-bond acceptors (Lipinski definition) is 4. The third-order valence-electron chi connectivity index (χ3n) is 4.51. The SMILES string of the molecule is NC(=O)c1cccnc1N1CCN(C2CCCC2)CC1. The highest BCUT2D eigenvalue weighted by molar-refractivity contribution is 5.97. The molecule has 1 aromatic heterocycles. The average molecular weight is 274 g/mol. The number of carbonyl (C=O) groups excluding carboxylic acids is 1. The summed E-state index contributed by atoms with van der Waals surface area (Å²) in [4.78, 5) is 20.6. The first-order valence-corrected chi connectivity index (χ1v) is 7.49. The van der Waals surface area contributed by atoms with E-state index < -0.39 is 5.91 Å². The molecule has 0 aromatic carbocycles. The van der Waals surface area contributed by atoms with E-state index in [1.165, 1.54) is 25.7 Å². The summed E-state index contributed by atoms with van der Waals surface area (Å²) in [6, 6.07) is 4.29. The fourth-order valence-corrected chi connectivity index (χ4v) is 3.41. The summed E-state index contributed by atoms with van der Waals surface area (Å²) < 4.78 is 0. The molecule has 1 aliphatic heterocycles. The summed E-state index contributed by atoms with van der Waals surface area (Å²) in [5.41, 5.74) is 5.96. The number of carbonyl (C=O) groups is 1. The summed E-state index contributed by atoms with van der Waals surface area (Å²) >= 11 is 0. The van der Waals surface area contributed by atoms with Gasteiger partial charge in [0.15, 0.2) is 0 Å². The van der Waals surface area contributed by atoms with Crippen LogP contribution in [0.5, 0.6) is 0 Å². The number of pyridine rings is 1. The molecule has 0 atom stereocenters. The Hall–Kier alpha value is -1.62. The van der Waals surface area contributed by atoms with E-state index in [2.05, 4.69) is 14.8 Å². The normalized spacial score (nSPS) is 21.3. The summed E-state index contributed by atoms with van der Waals surface area (Å²) in [6.07, 6.45) is 7.16. The van der Waals surface area contributed by atoms with Gasteiger partial charge >= 0.3 is 0 Å². The smallest absolute Gasteiger partial charge is 0.252 e. The first-order valence-electron chi connectivity index (χ1n) is 7.49. The molecular formula is C15H22N4O. The number of piperazine rings is 1. The molecule has 5 nitrogen and oxygen atoms in total. The Kier molecular flexibility index (Phi) is 3.87. The Morgan fingerprint density at radius 1 is 1.20 bits per heavy atom. The molecule has 108 valence electrons. The number of anilines is 1. The van der Waals surface area contributed by atoms with Crippen molar-refractivity contribution in [3.8, 4) is 0 Å². The van der Waals surface area contributed by atoms with Crippen LogP contribution in [-0.2, 0) is 0 Å². The highest BCUT2D eigenvalue weighted by Crippen LogP contribution is 2.26. The predicted molar refractivity (Wildman–Crippen MR) is 78.8 cm³/mol. The van der Waals surface area contributed by atoms with Crippen molar-refractivity contribution in [1.82, 2.24) is 9.88 Å². The molecule has 1 amide bonds. The molecule has 1 saturated heterocycles. The second kappa shape index (κ2) is 5.79. The van der Waals surface area contributed by atoms with E-state index in [4.69, 9.17) is 5.73 Å². The van der Waals surface area contributed by atoms with Gasteiger partial charge in [0.25, 0.3) is 5.91 Å². The summed E-state index contributed by atoms with van der Waals surface area (Å²) in [6.45, 7) is 3.96. The lowest BCUT2D eigenvalue weighted by Gasteiger charge is -2.38. The number of nitrogens with two attached hydrogens (primary N) is 1. The first kappa shape index (κ1) is 13.4. The van der Waals surface area contributed by atoms with Crippen LogP contribution in [-0.4, -0.2) is 48.0 Å². The van der Waals surface area contributed by atoms with Crippen LogP contribution in [0.4, 0.5) is 5.82 Å². The third-order valence-corrected chi connectivity index (χ3v) is 4.51. The molecule has 1 aromatic rings. The second-order valence-electron chi connectivity index (χ2n) is 5.70. The predicted octanol–water partition coefficient (Wildman–Crippen LogP) is 1.25. The van der Waals surface area contributed by atoms with Gasteiger partial charge in [-0.15, -0.1) is 0 Å². The standard InChI is InChI=1S/C15H22N4O/c16-14(20)13-6-3-7-17-15(13)19-10-8-18(9-11-19)12-4-1-2-5-12/h3,6-7,12H,1-2,4-5,8-11H2,(H2,16,20). The largest absolute Gasteiger partial charge is 0.365 e. The van der Waals surface area contributed by atoms with Crippen molar-refractivity contribution in [3.05, 3.63) is 23.9 Å². The van der Waals surface area contributed by atoms with Crippen molar-refractivity contribution in [2.45, 2.75) is 31.7 Å². The van der Waals surface area contributed by atoms with Crippen LogP contribution in [0.2, 0.25) is 0 Å². The van der Waals surface area contributed by atoms with E-state index in [0.29, 0.717) is 5.56 Å². The Balaban J connectivity index is 1.67. The highest BCUT2D eigenvalue weighted by atomic mass is 16.1. The molecule has 2 N–H and O–H groups in total. The Bertz CT molecular complexity index is 477. The van der Waals surface area contributed by atoms with Gasteiger partial charge < -0.3 is 10.6 Å². The Morgan fingerprint density at radius 2 is 1.90 bits per heavy atom. The van der Waals surface area contributed by atoms with Gasteiger partial charge in [-0.1, -0.05) is 12.8 Å². The summed E-state index contributed by atoms with van der Waals surface area (Å²) in [7, 11) is 0. The van der Waals surface area contributed by atoms with Crippen LogP contribution in [0.3, 0.4) is 0 Å². The van der Waals surface area contributed by atoms with Gasteiger partial charge in [0.1, 0.15) is 5.82 Å². The number of primary amides is 1. The quantitative estimate of drug-likeness (QED) is 0.901. The third kappa shape index (κ3) is 2.63. The Morgan fingerprint density at radius 3 is 2.55 bits per heavy atom. The fraction of sp³-hybridized carbons (Fsp3) is 0.600. The molecule has 2 heterocycles. The van der Waals surface area contributed by atoms with Gasteiger partial charge in [-0.2, -0.15) is 0 Å². The number of amides is 1. The van der Waals surface area contributed by atoms with Crippen molar-refractivity contribution in [2.24, 2.45) is 5.73 Å². The minimum Gasteiger partial charge on any atom is -0.365 e. The van der Waals surface area contributed by atoms with Crippen LogP contribution < -0.4 is 10.6 Å². The molecule has 20 heavy (non-hydrogen) atoms. The minimum absolute atomic E-state index is 0.397. The van der Waals surface area contributed by atoms with Gasteiger partial charge in [-0.05, 0) is 25.0 Å². The summed E-state index contributed by atoms with van der Waals surface area (Å²) in [5.74, 6) is 0.345. The zero-order valence-electron chi connectivity index (χ0n) is 11.8. The fourth-order valence-electron chi connectivity index (χ4n) is 3.41. The molecule has 5 heteroatoms. The molecule has 2 fully saturated rings. The van der Waals surface area contributed by atoms with Crippen LogP contribution in [0.25, 0.3) is 0 Å². The van der Waals surface area contributed by atoms with Gasteiger partial charge in [-0.25, -0.2) is 4.98 Å². The zero-order chi connectivity index (χ0) is 13.9. The first-order chi connectivity index (χ1) is 9.75. The summed E-state index contributed by atoms with van der Waals surface area (Å²) in [5, 5.41) is 0. The van der Waals surface area contributed by atoms with Gasteiger partial charge in [-0.3, -0.25) is 9.69 Å². The lowest BCUT2D eigenvalue weighted by molar-refractivity contribution is 0.1000.